The first-order valence-electron chi connectivity index (χ1n) is 5.30. The Balaban J connectivity index is 1.98. The molecule has 0 fully saturated rings. The molecule has 5 nitrogen and oxygen atoms in total. The maximum absolute atomic E-state index is 11.7. The molecule has 0 spiro atoms. The lowest BCUT2D eigenvalue weighted by molar-refractivity contribution is 0.0696. The number of furan rings is 1. The molecule has 5 heteroatoms. The molecule has 0 bridgehead atoms. The Bertz CT molecular complexity index is 687. The van der Waals surface area contributed by atoms with Gasteiger partial charge in [0, 0.05) is 0 Å². The maximum Gasteiger partial charge on any atom is 0.380 e. The predicted octanol–water partition coefficient (Wildman–Crippen LogP) is 2.44. The maximum atomic E-state index is 11.7. The summed E-state index contributed by atoms with van der Waals surface area (Å²) in [7, 11) is 0. The van der Waals surface area contributed by atoms with Gasteiger partial charge in [-0.15, -0.1) is 0 Å². The first-order chi connectivity index (χ1) is 8.84. The number of carbonyl (C=O) groups excluding carboxylic acids is 1. The minimum atomic E-state index is -0.580. The fraction of sp³-hybridized carbons (Fsp3) is 0. The van der Waals surface area contributed by atoms with Crippen molar-refractivity contribution < 1.29 is 13.9 Å². The minimum absolute atomic E-state index is 0.137. The number of rotatable bonds is 2. The molecule has 3 aromatic rings. The van der Waals surface area contributed by atoms with Crippen LogP contribution >= 0.6 is 0 Å². The van der Waals surface area contributed by atoms with E-state index in [0.29, 0.717) is 5.39 Å². The molecule has 2 heterocycles. The average Bonchev–Trinajstić information content (AvgIpc) is 2.93. The number of aromatic nitrogens is 2. The van der Waals surface area contributed by atoms with Gasteiger partial charge in [0.05, 0.1) is 17.2 Å². The predicted molar refractivity (Wildman–Crippen MR) is 63.2 cm³/mol. The highest BCUT2D eigenvalue weighted by molar-refractivity contribution is 5.91. The van der Waals surface area contributed by atoms with Gasteiger partial charge in [-0.1, -0.05) is 12.1 Å². The molecule has 0 atom stereocenters. The summed E-state index contributed by atoms with van der Waals surface area (Å²) in [5.74, 6) is -0.219. The van der Waals surface area contributed by atoms with Gasteiger partial charge in [0.15, 0.2) is 0 Å². The molecule has 3 rings (SSSR count). The number of para-hydroxylation sites is 1. The van der Waals surface area contributed by atoms with E-state index in [1.165, 1.54) is 18.7 Å². The normalized spacial score (nSPS) is 10.4. The topological polar surface area (TPSA) is 65.2 Å². The molecule has 2 aromatic heterocycles. The van der Waals surface area contributed by atoms with E-state index in [1.54, 1.807) is 12.1 Å². The third kappa shape index (κ3) is 1.82. The third-order valence-electron chi connectivity index (χ3n) is 2.42. The summed E-state index contributed by atoms with van der Waals surface area (Å²) in [6, 6.07) is 10.4. The van der Waals surface area contributed by atoms with Crippen molar-refractivity contribution in [1.29, 1.82) is 0 Å². The highest BCUT2D eigenvalue weighted by Crippen LogP contribution is 2.21. The summed E-state index contributed by atoms with van der Waals surface area (Å²) in [5.41, 5.74) is 0.717. The zero-order valence-corrected chi connectivity index (χ0v) is 9.24. The van der Waals surface area contributed by atoms with Crippen LogP contribution in [0.1, 0.15) is 10.6 Å². The molecule has 0 aliphatic rings. The summed E-state index contributed by atoms with van der Waals surface area (Å²) in [5, 5.41) is 0.680. The fourth-order valence-electron chi connectivity index (χ4n) is 1.59. The number of nitrogens with zero attached hydrogens (tertiary/aromatic N) is 2. The number of ether oxygens (including phenoxy) is 1. The molecular formula is C13H8N2O3. The summed E-state index contributed by atoms with van der Waals surface area (Å²) >= 11 is 0. The number of fused-ring (bicyclic) bond motifs is 1. The molecule has 0 saturated heterocycles. The van der Waals surface area contributed by atoms with E-state index >= 15 is 0 Å². The lowest BCUT2D eigenvalue weighted by Gasteiger charge is -2.04. The molecule has 18 heavy (non-hydrogen) atoms. The Morgan fingerprint density at radius 2 is 2.00 bits per heavy atom. The number of benzene rings is 1. The van der Waals surface area contributed by atoms with Crippen molar-refractivity contribution in [2.75, 3.05) is 0 Å². The highest BCUT2D eigenvalue weighted by Gasteiger charge is 2.14. The summed E-state index contributed by atoms with van der Waals surface area (Å²) in [4.78, 5) is 19.8. The van der Waals surface area contributed by atoms with Crippen LogP contribution in [0.3, 0.4) is 0 Å². The monoisotopic (exact) mass is 240 g/mol. The van der Waals surface area contributed by atoms with E-state index in [-0.39, 0.29) is 11.6 Å². The van der Waals surface area contributed by atoms with Gasteiger partial charge in [0.1, 0.15) is 6.33 Å². The van der Waals surface area contributed by atoms with Crippen molar-refractivity contribution in [3.8, 4) is 5.88 Å². The van der Waals surface area contributed by atoms with Crippen LogP contribution in [0.4, 0.5) is 0 Å². The number of carbonyl (C=O) groups is 1. The van der Waals surface area contributed by atoms with Gasteiger partial charge in [-0.05, 0) is 24.3 Å². The largest absolute Gasteiger partial charge is 0.457 e. The van der Waals surface area contributed by atoms with Crippen LogP contribution in [-0.4, -0.2) is 15.9 Å². The van der Waals surface area contributed by atoms with E-state index in [9.17, 15) is 4.79 Å². The quantitative estimate of drug-likeness (QED) is 0.643. The van der Waals surface area contributed by atoms with Gasteiger partial charge in [-0.2, -0.15) is 0 Å². The molecule has 0 amide bonds. The van der Waals surface area contributed by atoms with Crippen molar-refractivity contribution in [1.82, 2.24) is 9.97 Å². The van der Waals surface area contributed by atoms with E-state index in [1.807, 2.05) is 18.2 Å². The summed E-state index contributed by atoms with van der Waals surface area (Å²) in [6.07, 6.45) is 2.77. The van der Waals surface area contributed by atoms with Gasteiger partial charge in [-0.25, -0.2) is 14.8 Å². The Hall–Kier alpha value is -2.69. The Kier molecular flexibility index (Phi) is 2.49. The van der Waals surface area contributed by atoms with Gasteiger partial charge in [-0.3, -0.25) is 0 Å². The molecule has 0 saturated carbocycles. The van der Waals surface area contributed by atoms with E-state index < -0.39 is 5.97 Å². The second-order valence-corrected chi connectivity index (χ2v) is 3.56. The van der Waals surface area contributed by atoms with Crippen molar-refractivity contribution in [3.63, 3.8) is 0 Å². The van der Waals surface area contributed by atoms with Crippen molar-refractivity contribution in [2.45, 2.75) is 0 Å². The zero-order valence-electron chi connectivity index (χ0n) is 9.24. The molecule has 0 N–H and O–H groups in total. The van der Waals surface area contributed by atoms with E-state index in [4.69, 9.17) is 9.15 Å². The lowest BCUT2D eigenvalue weighted by Crippen LogP contribution is -2.08. The van der Waals surface area contributed by atoms with Crippen LogP contribution in [0, 0.1) is 0 Å². The van der Waals surface area contributed by atoms with Crippen LogP contribution in [0.15, 0.2) is 53.4 Å². The molecule has 0 aliphatic carbocycles. The Labute approximate surface area is 102 Å². The lowest BCUT2D eigenvalue weighted by atomic mass is 10.2. The number of esters is 1. The van der Waals surface area contributed by atoms with E-state index in [2.05, 4.69) is 9.97 Å². The SMILES string of the molecule is O=C(Oc1ncnc2ccccc12)c1ccco1. The van der Waals surface area contributed by atoms with Crippen LogP contribution in [0.25, 0.3) is 10.9 Å². The van der Waals surface area contributed by atoms with Crippen LogP contribution in [-0.2, 0) is 0 Å². The fourth-order valence-corrected chi connectivity index (χ4v) is 1.59. The second-order valence-electron chi connectivity index (χ2n) is 3.56. The Morgan fingerprint density at radius 1 is 1.11 bits per heavy atom. The summed E-state index contributed by atoms with van der Waals surface area (Å²) < 4.78 is 10.1. The Morgan fingerprint density at radius 3 is 2.83 bits per heavy atom. The molecular weight excluding hydrogens is 232 g/mol. The zero-order chi connectivity index (χ0) is 12.4. The third-order valence-corrected chi connectivity index (χ3v) is 2.42. The van der Waals surface area contributed by atoms with Crippen molar-refractivity contribution >= 4 is 16.9 Å². The number of hydrogen-bond donors (Lipinski definition) is 0. The minimum Gasteiger partial charge on any atom is -0.457 e. The van der Waals surface area contributed by atoms with Gasteiger partial charge in [0.2, 0.25) is 11.6 Å². The van der Waals surface area contributed by atoms with Gasteiger partial charge < -0.3 is 9.15 Å². The number of hydrogen-bond acceptors (Lipinski definition) is 5. The van der Waals surface area contributed by atoms with Crippen LogP contribution in [0.5, 0.6) is 5.88 Å². The molecule has 0 aliphatic heterocycles. The van der Waals surface area contributed by atoms with E-state index in [0.717, 1.165) is 5.52 Å². The average molecular weight is 240 g/mol. The molecule has 1 aromatic carbocycles. The van der Waals surface area contributed by atoms with Crippen molar-refractivity contribution in [3.05, 3.63) is 54.7 Å². The van der Waals surface area contributed by atoms with Crippen LogP contribution in [0.2, 0.25) is 0 Å². The van der Waals surface area contributed by atoms with Crippen molar-refractivity contribution in [2.24, 2.45) is 0 Å². The summed E-state index contributed by atoms with van der Waals surface area (Å²) in [6.45, 7) is 0. The molecule has 88 valence electrons. The molecule has 0 radical (unpaired) electrons. The second kappa shape index (κ2) is 4.29. The smallest absolute Gasteiger partial charge is 0.380 e. The van der Waals surface area contributed by atoms with Crippen LogP contribution < -0.4 is 4.74 Å². The van der Waals surface area contributed by atoms with Gasteiger partial charge in [0.25, 0.3) is 0 Å². The first kappa shape index (κ1) is 10.5. The van der Waals surface area contributed by atoms with Gasteiger partial charge >= 0.3 is 5.97 Å². The standard InChI is InChI=1S/C13H8N2O3/c16-13(11-6-3-7-17-11)18-12-9-4-1-2-5-10(9)14-8-15-12/h1-8H. The molecule has 0 unspecified atom stereocenters. The first-order valence-corrected chi connectivity index (χ1v) is 5.30. The highest BCUT2D eigenvalue weighted by atomic mass is 16.6.